The molecule has 0 atom stereocenters. The van der Waals surface area contributed by atoms with E-state index in [9.17, 15) is 0 Å². The SMILES string of the molecule is Cc1cc(/C(N)=N/O)nc(OCc2ccc(Br)cc2)n1. The van der Waals surface area contributed by atoms with Gasteiger partial charge in [-0.25, -0.2) is 4.98 Å². The first-order chi connectivity index (χ1) is 9.58. The minimum atomic E-state index is -0.0796. The zero-order chi connectivity index (χ0) is 14.5. The van der Waals surface area contributed by atoms with E-state index < -0.39 is 0 Å². The third-order valence-corrected chi connectivity index (χ3v) is 3.01. The summed E-state index contributed by atoms with van der Waals surface area (Å²) >= 11 is 3.37. The van der Waals surface area contributed by atoms with Crippen LogP contribution in [0.5, 0.6) is 6.01 Å². The van der Waals surface area contributed by atoms with E-state index in [4.69, 9.17) is 15.7 Å². The van der Waals surface area contributed by atoms with Gasteiger partial charge in [-0.2, -0.15) is 4.98 Å². The van der Waals surface area contributed by atoms with Crippen LogP contribution in [0.3, 0.4) is 0 Å². The Bertz CT molecular complexity index is 629. The van der Waals surface area contributed by atoms with Crippen molar-refractivity contribution in [3.05, 3.63) is 51.8 Å². The van der Waals surface area contributed by atoms with Crippen molar-refractivity contribution in [3.63, 3.8) is 0 Å². The van der Waals surface area contributed by atoms with Gasteiger partial charge in [0.05, 0.1) is 0 Å². The second-order valence-corrected chi connectivity index (χ2v) is 4.99. The summed E-state index contributed by atoms with van der Waals surface area (Å²) in [5.74, 6) is -0.0796. The van der Waals surface area contributed by atoms with Gasteiger partial charge in [0.2, 0.25) is 0 Å². The van der Waals surface area contributed by atoms with E-state index in [1.54, 1.807) is 13.0 Å². The van der Waals surface area contributed by atoms with E-state index in [0.717, 1.165) is 10.0 Å². The molecule has 0 aliphatic heterocycles. The van der Waals surface area contributed by atoms with Crippen LogP contribution in [-0.2, 0) is 6.61 Å². The molecule has 7 heteroatoms. The highest BCUT2D eigenvalue weighted by Crippen LogP contribution is 2.13. The van der Waals surface area contributed by atoms with Crippen molar-refractivity contribution in [3.8, 4) is 6.01 Å². The fourth-order valence-electron chi connectivity index (χ4n) is 1.52. The zero-order valence-corrected chi connectivity index (χ0v) is 12.3. The van der Waals surface area contributed by atoms with Crippen LogP contribution in [0, 0.1) is 6.92 Å². The molecule has 0 aliphatic carbocycles. The molecule has 0 unspecified atom stereocenters. The topological polar surface area (TPSA) is 93.6 Å². The maximum Gasteiger partial charge on any atom is 0.317 e. The Morgan fingerprint density at radius 1 is 1.35 bits per heavy atom. The fraction of sp³-hybridized carbons (Fsp3) is 0.154. The molecule has 0 bridgehead atoms. The predicted molar refractivity (Wildman–Crippen MR) is 77.8 cm³/mol. The average Bonchev–Trinajstić information content (AvgIpc) is 2.45. The first kappa shape index (κ1) is 14.3. The van der Waals surface area contributed by atoms with E-state index >= 15 is 0 Å². The van der Waals surface area contributed by atoms with Gasteiger partial charge in [-0.05, 0) is 30.7 Å². The summed E-state index contributed by atoms with van der Waals surface area (Å²) in [4.78, 5) is 8.23. The molecule has 0 aliphatic rings. The summed E-state index contributed by atoms with van der Waals surface area (Å²) in [6.45, 7) is 2.12. The Kier molecular flexibility index (Phi) is 4.52. The summed E-state index contributed by atoms with van der Waals surface area (Å²) in [6, 6.07) is 9.53. The Morgan fingerprint density at radius 2 is 2.05 bits per heavy atom. The molecular weight excluding hydrogens is 324 g/mol. The van der Waals surface area contributed by atoms with Gasteiger partial charge >= 0.3 is 6.01 Å². The number of aromatic nitrogens is 2. The van der Waals surface area contributed by atoms with Gasteiger partial charge in [-0.3, -0.25) is 0 Å². The Balaban J connectivity index is 2.13. The van der Waals surface area contributed by atoms with Crippen LogP contribution < -0.4 is 10.5 Å². The molecule has 0 spiro atoms. The van der Waals surface area contributed by atoms with Gasteiger partial charge in [-0.1, -0.05) is 33.2 Å². The zero-order valence-electron chi connectivity index (χ0n) is 10.7. The Hall–Kier alpha value is -2.15. The quantitative estimate of drug-likeness (QED) is 0.386. The summed E-state index contributed by atoms with van der Waals surface area (Å²) in [6.07, 6.45) is 0. The van der Waals surface area contributed by atoms with Gasteiger partial charge in [0, 0.05) is 10.2 Å². The number of benzene rings is 1. The average molecular weight is 337 g/mol. The molecule has 1 aromatic carbocycles. The van der Waals surface area contributed by atoms with Crippen molar-refractivity contribution in [2.75, 3.05) is 0 Å². The molecule has 0 amide bonds. The van der Waals surface area contributed by atoms with Gasteiger partial charge < -0.3 is 15.7 Å². The lowest BCUT2D eigenvalue weighted by molar-refractivity contribution is 0.279. The van der Waals surface area contributed by atoms with Crippen LogP contribution >= 0.6 is 15.9 Å². The molecule has 0 saturated carbocycles. The molecule has 1 heterocycles. The first-order valence-corrected chi connectivity index (χ1v) is 6.58. The van der Waals surface area contributed by atoms with Crippen molar-refractivity contribution in [1.82, 2.24) is 9.97 Å². The van der Waals surface area contributed by atoms with E-state index in [1.165, 1.54) is 0 Å². The number of oxime groups is 1. The second kappa shape index (κ2) is 6.33. The third kappa shape index (κ3) is 3.67. The smallest absolute Gasteiger partial charge is 0.317 e. The molecule has 0 radical (unpaired) electrons. The monoisotopic (exact) mass is 336 g/mol. The van der Waals surface area contributed by atoms with Crippen LogP contribution in [-0.4, -0.2) is 21.0 Å². The van der Waals surface area contributed by atoms with Crippen molar-refractivity contribution in [1.29, 1.82) is 0 Å². The number of aryl methyl sites for hydroxylation is 1. The number of hydrogen-bond donors (Lipinski definition) is 2. The molecule has 0 saturated heterocycles. The van der Waals surface area contributed by atoms with Crippen molar-refractivity contribution in [2.45, 2.75) is 13.5 Å². The third-order valence-electron chi connectivity index (χ3n) is 2.49. The molecule has 2 rings (SSSR count). The maximum absolute atomic E-state index is 8.66. The highest BCUT2D eigenvalue weighted by Gasteiger charge is 2.07. The number of amidine groups is 1. The van der Waals surface area contributed by atoms with Crippen molar-refractivity contribution < 1.29 is 9.94 Å². The normalized spacial score (nSPS) is 11.4. The van der Waals surface area contributed by atoms with Gasteiger partial charge in [0.25, 0.3) is 0 Å². The van der Waals surface area contributed by atoms with Gasteiger partial charge in [0.1, 0.15) is 12.3 Å². The number of rotatable bonds is 4. The number of hydrogen-bond acceptors (Lipinski definition) is 5. The van der Waals surface area contributed by atoms with Crippen LogP contribution in [0.4, 0.5) is 0 Å². The van der Waals surface area contributed by atoms with Crippen LogP contribution in [0.25, 0.3) is 0 Å². The largest absolute Gasteiger partial charge is 0.459 e. The minimum absolute atomic E-state index is 0.0796. The second-order valence-electron chi connectivity index (χ2n) is 4.08. The highest BCUT2D eigenvalue weighted by atomic mass is 79.9. The van der Waals surface area contributed by atoms with Crippen molar-refractivity contribution in [2.24, 2.45) is 10.9 Å². The minimum Gasteiger partial charge on any atom is -0.459 e. The molecule has 1 aromatic heterocycles. The highest BCUT2D eigenvalue weighted by molar-refractivity contribution is 9.10. The lowest BCUT2D eigenvalue weighted by Crippen LogP contribution is -2.16. The lowest BCUT2D eigenvalue weighted by atomic mass is 10.2. The predicted octanol–water partition coefficient (Wildman–Crippen LogP) is 2.22. The summed E-state index contributed by atoms with van der Waals surface area (Å²) in [5.41, 5.74) is 7.49. The molecule has 2 aromatic rings. The first-order valence-electron chi connectivity index (χ1n) is 5.79. The molecule has 6 nitrogen and oxygen atoms in total. The standard InChI is InChI=1S/C13H13BrN4O2/c1-8-6-11(12(15)18-19)17-13(16-8)20-7-9-2-4-10(14)5-3-9/h2-6,19H,7H2,1H3,(H2,15,18). The van der Waals surface area contributed by atoms with Crippen LogP contribution in [0.2, 0.25) is 0 Å². The van der Waals surface area contributed by atoms with Gasteiger partial charge in [-0.15, -0.1) is 0 Å². The molecular formula is C13H13BrN4O2. The maximum atomic E-state index is 8.66. The molecule has 104 valence electrons. The van der Waals surface area contributed by atoms with E-state index in [-0.39, 0.29) is 11.8 Å². The summed E-state index contributed by atoms with van der Waals surface area (Å²) < 4.78 is 6.52. The molecule has 0 fully saturated rings. The number of halogens is 1. The summed E-state index contributed by atoms with van der Waals surface area (Å²) in [5, 5.41) is 11.6. The fourth-order valence-corrected chi connectivity index (χ4v) is 1.78. The number of ether oxygens (including phenoxy) is 1. The summed E-state index contributed by atoms with van der Waals surface area (Å²) in [7, 11) is 0. The number of nitrogens with two attached hydrogens (primary N) is 1. The van der Waals surface area contributed by atoms with Crippen LogP contribution in [0.1, 0.15) is 17.0 Å². The molecule has 3 N–H and O–H groups in total. The Morgan fingerprint density at radius 3 is 2.70 bits per heavy atom. The van der Waals surface area contributed by atoms with Gasteiger partial charge in [0.15, 0.2) is 5.84 Å². The van der Waals surface area contributed by atoms with E-state index in [1.807, 2.05) is 24.3 Å². The Labute approximate surface area is 124 Å². The molecule has 20 heavy (non-hydrogen) atoms. The van der Waals surface area contributed by atoms with E-state index in [2.05, 4.69) is 31.1 Å². The van der Waals surface area contributed by atoms with Crippen molar-refractivity contribution >= 4 is 21.8 Å². The van der Waals surface area contributed by atoms with Crippen LogP contribution in [0.15, 0.2) is 40.0 Å². The van der Waals surface area contributed by atoms with E-state index in [0.29, 0.717) is 18.0 Å². The lowest BCUT2D eigenvalue weighted by Gasteiger charge is -2.07. The number of nitrogens with zero attached hydrogens (tertiary/aromatic N) is 3.